The Hall–Kier alpha value is -0.780. The van der Waals surface area contributed by atoms with Gasteiger partial charge < -0.3 is 25.3 Å². The number of carbonyl (C=O) groups excluding carboxylic acids is 1. The number of hydrogen-bond acceptors (Lipinski definition) is 7. The molecular formula is C28H49NO8S. The second-order valence-electron chi connectivity index (χ2n) is 13.4. The van der Waals surface area contributed by atoms with Crippen LogP contribution in [-0.4, -0.2) is 88.0 Å². The minimum absolute atomic E-state index is 0.0163. The molecule has 4 aliphatic rings. The lowest BCUT2D eigenvalue weighted by Gasteiger charge is -2.63. The highest BCUT2D eigenvalue weighted by atomic mass is 32.2. The average molecular weight is 560 g/mol. The molecule has 4 rings (SSSR count). The van der Waals surface area contributed by atoms with Crippen molar-refractivity contribution in [3.8, 4) is 0 Å². The fourth-order valence-corrected chi connectivity index (χ4v) is 10.0. The van der Waals surface area contributed by atoms with E-state index in [0.29, 0.717) is 12.8 Å². The Kier molecular flexibility index (Phi) is 8.93. The predicted octanol–water partition coefficient (Wildman–Crippen LogP) is 2.07. The molecule has 4 aliphatic carbocycles. The van der Waals surface area contributed by atoms with E-state index in [1.807, 2.05) is 0 Å². The van der Waals surface area contributed by atoms with Gasteiger partial charge in [0.25, 0.3) is 10.1 Å². The van der Waals surface area contributed by atoms with E-state index in [4.69, 9.17) is 4.55 Å². The minimum Gasteiger partial charge on any atom is -0.395 e. The van der Waals surface area contributed by atoms with Crippen LogP contribution in [0.1, 0.15) is 78.6 Å². The van der Waals surface area contributed by atoms with Crippen molar-refractivity contribution in [2.24, 2.45) is 46.3 Å². The van der Waals surface area contributed by atoms with Crippen LogP contribution in [0.5, 0.6) is 0 Å². The van der Waals surface area contributed by atoms with Crippen LogP contribution < -0.4 is 0 Å². The fourth-order valence-electron chi connectivity index (χ4n) is 9.55. The van der Waals surface area contributed by atoms with Crippen molar-refractivity contribution in [2.75, 3.05) is 25.4 Å². The summed E-state index contributed by atoms with van der Waals surface area (Å²) < 4.78 is 31.3. The SMILES string of the molecule is CC(CCC(=O)N(CCO)CCS(=O)(=O)O)C1CCC2C3C(O)CC4CC(O)CCC4(C)C3CC(O)C12C. The predicted molar refractivity (Wildman–Crippen MR) is 142 cm³/mol. The standard InChI is InChI=1S/C28H49NO8S/c1-17(4-7-25(34)29(10-12-30)11-13-38(35,36)37)20-5-6-21-26-22(16-24(33)28(20,21)3)27(2)9-8-19(31)14-18(27)15-23(26)32/h17-24,26,30-33H,4-16H2,1-3H3,(H,35,36,37). The van der Waals surface area contributed by atoms with Gasteiger partial charge in [-0.15, -0.1) is 0 Å². The van der Waals surface area contributed by atoms with E-state index in [0.717, 1.165) is 38.5 Å². The smallest absolute Gasteiger partial charge is 0.266 e. The topological polar surface area (TPSA) is 156 Å². The van der Waals surface area contributed by atoms with E-state index < -0.39 is 28.1 Å². The summed E-state index contributed by atoms with van der Waals surface area (Å²) in [7, 11) is -4.21. The molecule has 0 spiro atoms. The van der Waals surface area contributed by atoms with Gasteiger partial charge in [-0.2, -0.15) is 8.42 Å². The number of aliphatic hydroxyl groups is 4. The second kappa shape index (κ2) is 11.2. The average Bonchev–Trinajstić information content (AvgIpc) is 3.19. The molecule has 0 aromatic carbocycles. The molecule has 1 amide bonds. The minimum atomic E-state index is -4.21. The molecule has 11 unspecified atom stereocenters. The molecule has 0 saturated heterocycles. The van der Waals surface area contributed by atoms with Gasteiger partial charge in [-0.25, -0.2) is 0 Å². The fraction of sp³-hybridized carbons (Fsp3) is 0.964. The highest BCUT2D eigenvalue weighted by Gasteiger charge is 2.65. The largest absolute Gasteiger partial charge is 0.395 e. The van der Waals surface area contributed by atoms with E-state index in [2.05, 4.69) is 20.8 Å². The molecule has 0 bridgehead atoms. The van der Waals surface area contributed by atoms with Crippen LogP contribution in [-0.2, 0) is 14.9 Å². The van der Waals surface area contributed by atoms with E-state index >= 15 is 0 Å². The number of nitrogens with zero attached hydrogens (tertiary/aromatic N) is 1. The first-order valence-electron chi connectivity index (χ1n) is 14.6. The third-order valence-electron chi connectivity index (χ3n) is 11.7. The van der Waals surface area contributed by atoms with Gasteiger partial charge in [-0.1, -0.05) is 20.8 Å². The van der Waals surface area contributed by atoms with Gasteiger partial charge in [-0.05, 0) is 97.7 Å². The number of fused-ring (bicyclic) bond motifs is 5. The van der Waals surface area contributed by atoms with Crippen molar-refractivity contribution in [3.63, 3.8) is 0 Å². The number of amides is 1. The maximum Gasteiger partial charge on any atom is 0.266 e. The third kappa shape index (κ3) is 5.55. The highest BCUT2D eigenvalue weighted by molar-refractivity contribution is 7.85. The van der Waals surface area contributed by atoms with Crippen LogP contribution in [0, 0.1) is 46.3 Å². The molecular weight excluding hydrogens is 510 g/mol. The van der Waals surface area contributed by atoms with Crippen molar-refractivity contribution in [2.45, 2.75) is 96.9 Å². The Bertz CT molecular complexity index is 961. The Labute approximate surface area is 227 Å². The van der Waals surface area contributed by atoms with Crippen LogP contribution in [0.2, 0.25) is 0 Å². The van der Waals surface area contributed by atoms with E-state index in [9.17, 15) is 33.6 Å². The number of hydrogen-bond donors (Lipinski definition) is 5. The molecule has 4 saturated carbocycles. The second-order valence-corrected chi connectivity index (χ2v) is 15.0. The molecule has 4 fully saturated rings. The van der Waals surface area contributed by atoms with Gasteiger partial charge >= 0.3 is 0 Å². The summed E-state index contributed by atoms with van der Waals surface area (Å²) in [6, 6.07) is 0. The Morgan fingerprint density at radius 2 is 1.74 bits per heavy atom. The van der Waals surface area contributed by atoms with Crippen LogP contribution in [0.4, 0.5) is 0 Å². The summed E-state index contributed by atoms with van der Waals surface area (Å²) in [5.74, 6) is 0.398. The molecule has 5 N–H and O–H groups in total. The summed E-state index contributed by atoms with van der Waals surface area (Å²) in [6.07, 6.45) is 5.31. The Balaban J connectivity index is 1.45. The van der Waals surface area contributed by atoms with Crippen molar-refractivity contribution < 1.29 is 38.2 Å². The molecule has 220 valence electrons. The van der Waals surface area contributed by atoms with Crippen molar-refractivity contribution in [1.29, 1.82) is 0 Å². The van der Waals surface area contributed by atoms with Gasteiger partial charge in [0.15, 0.2) is 0 Å². The summed E-state index contributed by atoms with van der Waals surface area (Å²) >= 11 is 0. The quantitative estimate of drug-likeness (QED) is 0.269. The maximum atomic E-state index is 12.9. The van der Waals surface area contributed by atoms with Gasteiger partial charge in [0.1, 0.15) is 0 Å². The summed E-state index contributed by atoms with van der Waals surface area (Å²) in [5.41, 5.74) is -0.322. The van der Waals surface area contributed by atoms with Crippen LogP contribution >= 0.6 is 0 Å². The van der Waals surface area contributed by atoms with E-state index in [-0.39, 0.29) is 84.5 Å². The highest BCUT2D eigenvalue weighted by Crippen LogP contribution is 2.68. The van der Waals surface area contributed by atoms with Crippen LogP contribution in [0.25, 0.3) is 0 Å². The van der Waals surface area contributed by atoms with E-state index in [1.54, 1.807) is 0 Å². The van der Waals surface area contributed by atoms with Crippen molar-refractivity contribution >= 4 is 16.0 Å². The first-order chi connectivity index (χ1) is 17.7. The molecule has 38 heavy (non-hydrogen) atoms. The van der Waals surface area contributed by atoms with Gasteiger partial charge in [0.05, 0.1) is 30.7 Å². The summed E-state index contributed by atoms with van der Waals surface area (Å²) in [5, 5.41) is 42.7. The van der Waals surface area contributed by atoms with Crippen molar-refractivity contribution in [3.05, 3.63) is 0 Å². The zero-order chi connectivity index (χ0) is 28.0. The molecule has 0 radical (unpaired) electrons. The first-order valence-corrected chi connectivity index (χ1v) is 16.2. The number of aliphatic hydroxyl groups excluding tert-OH is 4. The molecule has 11 atom stereocenters. The lowest BCUT2D eigenvalue weighted by Crippen LogP contribution is -2.62. The summed E-state index contributed by atoms with van der Waals surface area (Å²) in [4.78, 5) is 14.1. The molecule has 0 aromatic rings. The zero-order valence-corrected chi connectivity index (χ0v) is 24.0. The van der Waals surface area contributed by atoms with E-state index in [1.165, 1.54) is 4.90 Å². The summed E-state index contributed by atoms with van der Waals surface area (Å²) in [6.45, 7) is 6.20. The Morgan fingerprint density at radius 1 is 1.03 bits per heavy atom. The van der Waals surface area contributed by atoms with Gasteiger partial charge in [-0.3, -0.25) is 9.35 Å². The monoisotopic (exact) mass is 559 g/mol. The number of carbonyl (C=O) groups is 1. The lowest BCUT2D eigenvalue weighted by atomic mass is 9.43. The van der Waals surface area contributed by atoms with Gasteiger partial charge in [0.2, 0.25) is 5.91 Å². The lowest BCUT2D eigenvalue weighted by molar-refractivity contribution is -0.207. The van der Waals surface area contributed by atoms with Crippen LogP contribution in [0.3, 0.4) is 0 Å². The van der Waals surface area contributed by atoms with Gasteiger partial charge in [0, 0.05) is 19.5 Å². The molecule has 9 nitrogen and oxygen atoms in total. The first kappa shape index (κ1) is 30.2. The molecule has 0 heterocycles. The maximum absolute atomic E-state index is 12.9. The molecule has 0 aliphatic heterocycles. The van der Waals surface area contributed by atoms with Crippen molar-refractivity contribution in [1.82, 2.24) is 4.90 Å². The molecule has 0 aromatic heterocycles. The van der Waals surface area contributed by atoms with Crippen LogP contribution in [0.15, 0.2) is 0 Å². The zero-order valence-electron chi connectivity index (χ0n) is 23.2. The normalized spacial score (nSPS) is 43.6. The number of rotatable bonds is 9. The Morgan fingerprint density at radius 3 is 2.39 bits per heavy atom. The third-order valence-corrected chi connectivity index (χ3v) is 12.4. The molecule has 10 heteroatoms.